The number of rotatable bonds is 4. The lowest BCUT2D eigenvalue weighted by Crippen LogP contribution is -2.09. The van der Waals surface area contributed by atoms with Crippen molar-refractivity contribution >= 4 is 33.4 Å². The molecule has 0 amide bonds. The summed E-state index contributed by atoms with van der Waals surface area (Å²) in [6.07, 6.45) is 7.14. The van der Waals surface area contributed by atoms with Gasteiger partial charge in [-0.15, -0.1) is 11.5 Å². The average molecular weight is 383 g/mol. The van der Waals surface area contributed by atoms with Crippen LogP contribution in [-0.4, -0.2) is 12.3 Å². The van der Waals surface area contributed by atoms with Crippen molar-refractivity contribution in [2.24, 2.45) is 5.10 Å². The normalized spacial score (nSPS) is 15.0. The van der Waals surface area contributed by atoms with E-state index < -0.39 is 0 Å². The fraction of sp³-hybridized carbons (Fsp3) is 0.105. The van der Waals surface area contributed by atoms with Crippen molar-refractivity contribution in [3.8, 4) is 18.1 Å². The first kappa shape index (κ1) is 16.2. The van der Waals surface area contributed by atoms with E-state index in [0.29, 0.717) is 11.5 Å². The number of ether oxygens (including phenoxy) is 1. The zero-order chi connectivity index (χ0) is 16.9. The second-order valence-corrected chi connectivity index (χ2v) is 5.93. The number of anilines is 1. The highest BCUT2D eigenvalue weighted by Crippen LogP contribution is 2.29. The van der Waals surface area contributed by atoms with E-state index in [-0.39, 0.29) is 6.61 Å². The van der Waals surface area contributed by atoms with Crippen LogP contribution in [0.1, 0.15) is 12.5 Å². The predicted octanol–water partition coefficient (Wildman–Crippen LogP) is 4.63. The second-order valence-electron chi connectivity index (χ2n) is 5.08. The van der Waals surface area contributed by atoms with Gasteiger partial charge in [-0.2, -0.15) is 0 Å². The van der Waals surface area contributed by atoms with Crippen LogP contribution in [0.2, 0.25) is 0 Å². The number of allylic oxidation sites excluding steroid dienone is 1. The van der Waals surface area contributed by atoms with Crippen LogP contribution in [-0.2, 0) is 4.84 Å². The van der Waals surface area contributed by atoms with Gasteiger partial charge in [0.25, 0.3) is 0 Å². The predicted molar refractivity (Wildman–Crippen MR) is 99.6 cm³/mol. The van der Waals surface area contributed by atoms with Crippen LogP contribution in [0.5, 0.6) is 5.75 Å². The molecule has 2 aromatic rings. The summed E-state index contributed by atoms with van der Waals surface area (Å²) in [7, 11) is 0. The quantitative estimate of drug-likeness (QED) is 0.722. The number of para-hydroxylation sites is 1. The van der Waals surface area contributed by atoms with Gasteiger partial charge in [-0.1, -0.05) is 35.4 Å². The molecule has 4 nitrogen and oxygen atoms in total. The maximum atomic E-state index is 5.82. The summed E-state index contributed by atoms with van der Waals surface area (Å²) in [6, 6.07) is 15.5. The minimum absolute atomic E-state index is 0.236. The van der Waals surface area contributed by atoms with E-state index in [0.717, 1.165) is 21.4 Å². The molecule has 0 fully saturated rings. The zero-order valence-electron chi connectivity index (χ0n) is 13.1. The topological polar surface area (TPSA) is 34.1 Å². The molecule has 0 aromatic heterocycles. The van der Waals surface area contributed by atoms with E-state index in [4.69, 9.17) is 16.0 Å². The summed E-state index contributed by atoms with van der Waals surface area (Å²) < 4.78 is 6.27. The average Bonchev–Trinajstić information content (AvgIpc) is 2.96. The standard InChI is InChI=1S/C19H15BrN2O2/c1-3-11-23-18-10-9-15(12-17(18)20)13-19-14(2)21-22(24-19)16-7-5-4-6-8-16/h1,4-10,12-13H,11H2,2H3. The van der Waals surface area contributed by atoms with Gasteiger partial charge >= 0.3 is 0 Å². The van der Waals surface area contributed by atoms with E-state index in [1.807, 2.05) is 61.5 Å². The molecule has 120 valence electrons. The van der Waals surface area contributed by atoms with Crippen LogP contribution in [0, 0.1) is 12.3 Å². The molecule has 0 saturated carbocycles. The van der Waals surface area contributed by atoms with Gasteiger partial charge in [0, 0.05) is 0 Å². The van der Waals surface area contributed by atoms with Crippen molar-refractivity contribution in [3.05, 3.63) is 64.3 Å². The highest BCUT2D eigenvalue weighted by atomic mass is 79.9. The Morgan fingerprint density at radius 3 is 2.79 bits per heavy atom. The van der Waals surface area contributed by atoms with Crippen molar-refractivity contribution in [2.45, 2.75) is 6.92 Å². The van der Waals surface area contributed by atoms with Crippen molar-refractivity contribution < 1.29 is 9.57 Å². The van der Waals surface area contributed by atoms with E-state index in [1.54, 1.807) is 0 Å². The fourth-order valence-corrected chi connectivity index (χ4v) is 2.67. The summed E-state index contributed by atoms with van der Waals surface area (Å²) in [6.45, 7) is 2.15. The molecule has 0 atom stereocenters. The number of benzene rings is 2. The summed E-state index contributed by atoms with van der Waals surface area (Å²) in [4.78, 5) is 5.82. The molecule has 2 aromatic carbocycles. The molecule has 0 N–H and O–H groups in total. The fourth-order valence-electron chi connectivity index (χ4n) is 2.16. The molecule has 0 radical (unpaired) electrons. The second kappa shape index (κ2) is 7.24. The third kappa shape index (κ3) is 3.61. The van der Waals surface area contributed by atoms with Crippen LogP contribution >= 0.6 is 15.9 Å². The number of nitrogens with zero attached hydrogens (tertiary/aromatic N) is 2. The van der Waals surface area contributed by atoms with Gasteiger partial charge in [-0.25, -0.2) is 0 Å². The Bertz CT molecular complexity index is 838. The lowest BCUT2D eigenvalue weighted by molar-refractivity contribution is 0.222. The van der Waals surface area contributed by atoms with Crippen molar-refractivity contribution in [1.82, 2.24) is 0 Å². The molecule has 0 spiro atoms. The van der Waals surface area contributed by atoms with Gasteiger partial charge < -0.3 is 9.57 Å². The maximum absolute atomic E-state index is 5.82. The Kier molecular flexibility index (Phi) is 4.88. The molecule has 24 heavy (non-hydrogen) atoms. The van der Waals surface area contributed by atoms with Crippen LogP contribution in [0.25, 0.3) is 6.08 Å². The first-order valence-corrected chi connectivity index (χ1v) is 8.13. The smallest absolute Gasteiger partial charge is 0.181 e. The Morgan fingerprint density at radius 2 is 2.08 bits per heavy atom. The van der Waals surface area contributed by atoms with Gasteiger partial charge in [0.15, 0.2) is 5.76 Å². The van der Waals surface area contributed by atoms with E-state index >= 15 is 0 Å². The molecule has 1 heterocycles. The van der Waals surface area contributed by atoms with E-state index in [1.165, 1.54) is 5.17 Å². The lowest BCUT2D eigenvalue weighted by atomic mass is 10.1. The summed E-state index contributed by atoms with van der Waals surface area (Å²) in [5, 5.41) is 5.93. The summed E-state index contributed by atoms with van der Waals surface area (Å²) >= 11 is 3.49. The SMILES string of the molecule is C#CCOc1ccc(C=C2ON(c3ccccc3)N=C2C)cc1Br. The van der Waals surface area contributed by atoms with Gasteiger partial charge in [-0.3, -0.25) is 0 Å². The van der Waals surface area contributed by atoms with Crippen LogP contribution in [0.15, 0.2) is 63.9 Å². The van der Waals surface area contributed by atoms with Crippen molar-refractivity contribution in [3.63, 3.8) is 0 Å². The Hall–Kier alpha value is -2.71. The maximum Gasteiger partial charge on any atom is 0.181 e. The Balaban J connectivity index is 1.79. The van der Waals surface area contributed by atoms with E-state index in [2.05, 4.69) is 27.0 Å². The number of hydrogen-bond donors (Lipinski definition) is 0. The van der Waals surface area contributed by atoms with Crippen LogP contribution in [0.4, 0.5) is 5.69 Å². The highest BCUT2D eigenvalue weighted by molar-refractivity contribution is 9.10. The highest BCUT2D eigenvalue weighted by Gasteiger charge is 2.20. The molecule has 1 aliphatic heterocycles. The molecular formula is C19H15BrN2O2. The Morgan fingerprint density at radius 1 is 1.29 bits per heavy atom. The largest absolute Gasteiger partial charge is 0.480 e. The first-order chi connectivity index (χ1) is 11.7. The van der Waals surface area contributed by atoms with Crippen LogP contribution in [0.3, 0.4) is 0 Å². The lowest BCUT2D eigenvalue weighted by Gasteiger charge is -2.12. The molecule has 0 unspecified atom stereocenters. The molecule has 5 heteroatoms. The van der Waals surface area contributed by atoms with Gasteiger partial charge in [0.1, 0.15) is 23.8 Å². The minimum atomic E-state index is 0.236. The van der Waals surface area contributed by atoms with E-state index in [9.17, 15) is 0 Å². The Labute approximate surface area is 149 Å². The van der Waals surface area contributed by atoms with Gasteiger partial charge in [0.2, 0.25) is 0 Å². The molecular weight excluding hydrogens is 368 g/mol. The molecule has 1 aliphatic rings. The molecule has 0 saturated heterocycles. The van der Waals surface area contributed by atoms with Gasteiger partial charge in [-0.05, 0) is 58.8 Å². The molecule has 3 rings (SSSR count). The number of halogens is 1. The van der Waals surface area contributed by atoms with Crippen molar-refractivity contribution in [2.75, 3.05) is 11.8 Å². The molecule has 0 aliphatic carbocycles. The van der Waals surface area contributed by atoms with Crippen molar-refractivity contribution in [1.29, 1.82) is 0 Å². The minimum Gasteiger partial charge on any atom is -0.480 e. The number of terminal acetylenes is 1. The number of hydrogen-bond acceptors (Lipinski definition) is 4. The monoisotopic (exact) mass is 382 g/mol. The first-order valence-electron chi connectivity index (χ1n) is 7.33. The third-order valence-corrected chi connectivity index (χ3v) is 3.94. The molecule has 0 bridgehead atoms. The summed E-state index contributed by atoms with van der Waals surface area (Å²) in [5.41, 5.74) is 2.65. The third-order valence-electron chi connectivity index (χ3n) is 3.32. The summed E-state index contributed by atoms with van der Waals surface area (Å²) in [5.74, 6) is 3.85. The number of hydrazone groups is 1. The van der Waals surface area contributed by atoms with Crippen LogP contribution < -0.4 is 9.91 Å². The van der Waals surface area contributed by atoms with Gasteiger partial charge in [0.05, 0.1) is 4.47 Å². The zero-order valence-corrected chi connectivity index (χ0v) is 14.7.